The lowest BCUT2D eigenvalue weighted by atomic mass is 10.1. The highest BCUT2D eigenvalue weighted by Gasteiger charge is 2.14. The van der Waals surface area contributed by atoms with Crippen molar-refractivity contribution in [3.8, 4) is 0 Å². The Balaban J connectivity index is 2.89. The largest absolute Gasteiger partial charge is 0.388 e. The van der Waals surface area contributed by atoms with Gasteiger partial charge in [-0.05, 0) is 6.08 Å². The number of hydrogen-bond acceptors (Lipinski definition) is 2. The Morgan fingerprint density at radius 2 is 2.23 bits per heavy atom. The predicted molar refractivity (Wildman–Crippen MR) is 43.2 cm³/mol. The van der Waals surface area contributed by atoms with Crippen LogP contribution in [0, 0.1) is 0 Å². The van der Waals surface area contributed by atoms with Crippen molar-refractivity contribution >= 4 is 5.78 Å². The smallest absolute Gasteiger partial charge is 0.184 e. The maximum Gasteiger partial charge on any atom is 0.184 e. The number of rotatable bonds is 2. The zero-order chi connectivity index (χ0) is 9.84. The van der Waals surface area contributed by atoms with Crippen LogP contribution in [0.3, 0.4) is 0 Å². The van der Waals surface area contributed by atoms with Crippen LogP contribution >= 0.6 is 0 Å². The van der Waals surface area contributed by atoms with E-state index in [1.807, 2.05) is 0 Å². The molecule has 0 aromatic rings. The Hall–Kier alpha value is -1.29. The van der Waals surface area contributed by atoms with Crippen molar-refractivity contribution in [2.75, 3.05) is 6.61 Å². The number of aliphatic hydroxyl groups excluding tert-OH is 1. The molecule has 0 radical (unpaired) electrons. The van der Waals surface area contributed by atoms with E-state index in [2.05, 4.69) is 0 Å². The molecule has 0 aromatic carbocycles. The summed E-state index contributed by atoms with van der Waals surface area (Å²) < 4.78 is 25.4. The molecule has 0 atom stereocenters. The lowest BCUT2D eigenvalue weighted by molar-refractivity contribution is -0.118. The molecule has 0 amide bonds. The summed E-state index contributed by atoms with van der Waals surface area (Å²) >= 11 is 0. The molecule has 4 heteroatoms. The molecule has 0 bridgehead atoms. The summed E-state index contributed by atoms with van der Waals surface area (Å²) in [5.74, 6) is -2.55. The van der Waals surface area contributed by atoms with Crippen LogP contribution in [0.25, 0.3) is 0 Å². The minimum atomic E-state index is -0.984. The fourth-order valence-corrected chi connectivity index (χ4v) is 0.943. The molecule has 0 saturated carbocycles. The van der Waals surface area contributed by atoms with Gasteiger partial charge in [-0.3, -0.25) is 4.79 Å². The van der Waals surface area contributed by atoms with E-state index in [1.54, 1.807) is 0 Å². The van der Waals surface area contributed by atoms with Gasteiger partial charge in [-0.15, -0.1) is 0 Å². The number of carbonyl (C=O) groups excluding carboxylic acids is 1. The Kier molecular flexibility index (Phi) is 3.08. The second-order valence-electron chi connectivity index (χ2n) is 2.56. The van der Waals surface area contributed by atoms with Crippen LogP contribution in [0.5, 0.6) is 0 Å². The second-order valence-corrected chi connectivity index (χ2v) is 2.56. The van der Waals surface area contributed by atoms with Crippen molar-refractivity contribution in [1.82, 2.24) is 0 Å². The summed E-state index contributed by atoms with van der Waals surface area (Å²) in [6, 6.07) is 0. The number of aliphatic hydroxyl groups is 1. The van der Waals surface area contributed by atoms with Gasteiger partial charge in [0.15, 0.2) is 11.6 Å². The molecule has 0 aromatic heterocycles. The van der Waals surface area contributed by atoms with Crippen molar-refractivity contribution in [1.29, 1.82) is 0 Å². The molecule has 0 heterocycles. The van der Waals surface area contributed by atoms with Gasteiger partial charge in [0.25, 0.3) is 0 Å². The van der Waals surface area contributed by atoms with Crippen LogP contribution in [0.15, 0.2) is 35.5 Å². The molecule has 70 valence electrons. The highest BCUT2D eigenvalue weighted by atomic mass is 19.2. The van der Waals surface area contributed by atoms with Crippen LogP contribution in [0.2, 0.25) is 0 Å². The first-order valence-corrected chi connectivity index (χ1v) is 3.70. The third kappa shape index (κ3) is 2.32. The van der Waals surface area contributed by atoms with Gasteiger partial charge in [-0.2, -0.15) is 0 Å². The SMILES string of the molecule is O=C(CO)C1=CC=CC(F)=C(F)C1. The van der Waals surface area contributed by atoms with Crippen molar-refractivity contribution in [3.63, 3.8) is 0 Å². The highest BCUT2D eigenvalue weighted by molar-refractivity contribution is 5.96. The molecule has 2 nitrogen and oxygen atoms in total. The molecular weight excluding hydrogens is 178 g/mol. The van der Waals surface area contributed by atoms with E-state index in [1.165, 1.54) is 12.2 Å². The molecule has 0 saturated heterocycles. The lowest BCUT2D eigenvalue weighted by Crippen LogP contribution is -2.07. The monoisotopic (exact) mass is 186 g/mol. The first kappa shape index (κ1) is 9.80. The average Bonchev–Trinajstić information content (AvgIpc) is 2.28. The predicted octanol–water partition coefficient (Wildman–Crippen LogP) is 1.58. The van der Waals surface area contributed by atoms with Gasteiger partial charge in [0.05, 0.1) is 0 Å². The summed E-state index contributed by atoms with van der Waals surface area (Å²) in [5.41, 5.74) is 0.0731. The van der Waals surface area contributed by atoms with E-state index in [0.29, 0.717) is 0 Å². The third-order valence-corrected chi connectivity index (χ3v) is 1.65. The van der Waals surface area contributed by atoms with Crippen molar-refractivity contribution in [2.24, 2.45) is 0 Å². The Labute approximate surface area is 73.9 Å². The van der Waals surface area contributed by atoms with Crippen LogP contribution < -0.4 is 0 Å². The minimum Gasteiger partial charge on any atom is -0.388 e. The molecule has 1 N–H and O–H groups in total. The van der Waals surface area contributed by atoms with Crippen LogP contribution in [-0.2, 0) is 4.79 Å². The minimum absolute atomic E-state index is 0.0731. The highest BCUT2D eigenvalue weighted by Crippen LogP contribution is 2.21. The molecule has 1 aliphatic carbocycles. The van der Waals surface area contributed by atoms with Gasteiger partial charge in [0, 0.05) is 12.0 Å². The number of carbonyl (C=O) groups is 1. The normalized spacial score (nSPS) is 17.0. The molecule has 0 fully saturated rings. The van der Waals surface area contributed by atoms with Gasteiger partial charge in [-0.1, -0.05) is 12.2 Å². The third-order valence-electron chi connectivity index (χ3n) is 1.65. The van der Waals surface area contributed by atoms with Crippen molar-refractivity contribution in [2.45, 2.75) is 6.42 Å². The van der Waals surface area contributed by atoms with Crippen molar-refractivity contribution < 1.29 is 18.7 Å². The van der Waals surface area contributed by atoms with Gasteiger partial charge in [0.1, 0.15) is 12.4 Å². The number of allylic oxidation sites excluding steroid dienone is 5. The molecule has 1 rings (SSSR count). The number of halogens is 2. The fraction of sp³-hybridized carbons (Fsp3) is 0.222. The standard InChI is InChI=1S/C9H8F2O2/c10-7-3-1-2-6(4-8(7)11)9(13)5-12/h1-3,12H,4-5H2. The summed E-state index contributed by atoms with van der Waals surface area (Å²) in [6.07, 6.45) is 3.08. The summed E-state index contributed by atoms with van der Waals surface area (Å²) in [6.45, 7) is -0.686. The average molecular weight is 186 g/mol. The Morgan fingerprint density at radius 1 is 1.54 bits per heavy atom. The first-order valence-electron chi connectivity index (χ1n) is 3.70. The number of hydrogen-bond donors (Lipinski definition) is 1. The summed E-state index contributed by atoms with van der Waals surface area (Å²) in [4.78, 5) is 10.9. The quantitative estimate of drug-likeness (QED) is 0.710. The topological polar surface area (TPSA) is 37.3 Å². The van der Waals surface area contributed by atoms with Gasteiger partial charge in [0.2, 0.25) is 0 Å². The molecule has 13 heavy (non-hydrogen) atoms. The molecular formula is C9H8F2O2. The van der Waals surface area contributed by atoms with Crippen LogP contribution in [0.4, 0.5) is 8.78 Å². The maximum absolute atomic E-state index is 12.8. The van der Waals surface area contributed by atoms with Gasteiger partial charge < -0.3 is 5.11 Å². The van der Waals surface area contributed by atoms with Crippen LogP contribution in [-0.4, -0.2) is 17.5 Å². The Bertz CT molecular complexity index is 314. The summed E-state index contributed by atoms with van der Waals surface area (Å²) in [7, 11) is 0. The van der Waals surface area contributed by atoms with E-state index < -0.39 is 30.5 Å². The fourth-order valence-electron chi connectivity index (χ4n) is 0.943. The summed E-state index contributed by atoms with van der Waals surface area (Å²) in [5, 5.41) is 8.48. The van der Waals surface area contributed by atoms with Gasteiger partial charge >= 0.3 is 0 Å². The van der Waals surface area contributed by atoms with E-state index in [-0.39, 0.29) is 5.57 Å². The van der Waals surface area contributed by atoms with E-state index in [9.17, 15) is 13.6 Å². The van der Waals surface area contributed by atoms with E-state index >= 15 is 0 Å². The van der Waals surface area contributed by atoms with Gasteiger partial charge in [-0.25, -0.2) is 8.78 Å². The van der Waals surface area contributed by atoms with E-state index in [4.69, 9.17) is 5.11 Å². The molecule has 0 spiro atoms. The van der Waals surface area contributed by atoms with Crippen LogP contribution in [0.1, 0.15) is 6.42 Å². The number of ketones is 1. The van der Waals surface area contributed by atoms with E-state index in [0.717, 1.165) is 6.08 Å². The van der Waals surface area contributed by atoms with Crippen molar-refractivity contribution in [3.05, 3.63) is 35.5 Å². The lowest BCUT2D eigenvalue weighted by Gasteiger charge is -1.99. The molecule has 0 aliphatic heterocycles. The maximum atomic E-state index is 12.8. The zero-order valence-corrected chi connectivity index (χ0v) is 6.76. The molecule has 0 unspecified atom stereocenters. The molecule has 1 aliphatic rings. The zero-order valence-electron chi connectivity index (χ0n) is 6.76. The Morgan fingerprint density at radius 3 is 2.85 bits per heavy atom. The number of Topliss-reactive ketones (excluding diaryl/α,β-unsaturated/α-hetero) is 1. The first-order chi connectivity index (χ1) is 6.15. The second kappa shape index (κ2) is 4.09.